The summed E-state index contributed by atoms with van der Waals surface area (Å²) in [6.07, 6.45) is 5.54. The van der Waals surface area contributed by atoms with Crippen molar-refractivity contribution < 1.29 is 0 Å². The maximum Gasteiger partial charge on any atom is 0.154 e. The molecule has 0 aliphatic carbocycles. The monoisotopic (exact) mass is 236 g/mol. The normalized spacial score (nSPS) is 11.4. The number of hydrogen-bond acceptors (Lipinski definition) is 3. The molecule has 3 aromatic rings. The molecule has 2 aromatic heterocycles. The van der Waals surface area contributed by atoms with Gasteiger partial charge in [-0.3, -0.25) is 4.98 Å². The van der Waals surface area contributed by atoms with Crippen molar-refractivity contribution in [2.75, 3.05) is 0 Å². The summed E-state index contributed by atoms with van der Waals surface area (Å²) in [4.78, 5) is 4.10. The Bertz CT molecular complexity index is 707. The van der Waals surface area contributed by atoms with Gasteiger partial charge >= 0.3 is 0 Å². The van der Waals surface area contributed by atoms with Crippen LogP contribution in [0.25, 0.3) is 10.8 Å². The van der Waals surface area contributed by atoms with Gasteiger partial charge < -0.3 is 4.57 Å². The summed E-state index contributed by atoms with van der Waals surface area (Å²) in [6, 6.07) is 11.8. The van der Waals surface area contributed by atoms with Crippen LogP contribution >= 0.6 is 0 Å². The Morgan fingerprint density at radius 3 is 2.83 bits per heavy atom. The lowest BCUT2D eigenvalue weighted by atomic mass is 10.1. The lowest BCUT2D eigenvalue weighted by Gasteiger charge is -2.00. The number of rotatable bonds is 2. The zero-order valence-electron chi connectivity index (χ0n) is 9.99. The first-order valence-corrected chi connectivity index (χ1v) is 5.70. The molecule has 0 atom stereocenters. The van der Waals surface area contributed by atoms with Crippen molar-refractivity contribution >= 4 is 22.3 Å². The van der Waals surface area contributed by atoms with Gasteiger partial charge in [0.05, 0.1) is 5.69 Å². The smallest absolute Gasteiger partial charge is 0.154 e. The van der Waals surface area contributed by atoms with Gasteiger partial charge in [-0.05, 0) is 24.3 Å². The molecule has 1 aromatic carbocycles. The topological polar surface area (TPSA) is 42.5 Å². The number of pyridine rings is 1. The third kappa shape index (κ3) is 1.88. The second kappa shape index (κ2) is 4.41. The van der Waals surface area contributed by atoms with E-state index in [0.717, 1.165) is 22.3 Å². The molecule has 0 spiro atoms. The van der Waals surface area contributed by atoms with E-state index in [1.165, 1.54) is 0 Å². The van der Waals surface area contributed by atoms with E-state index in [1.54, 1.807) is 6.20 Å². The highest BCUT2D eigenvalue weighted by Crippen LogP contribution is 2.26. The van der Waals surface area contributed by atoms with Gasteiger partial charge in [0.1, 0.15) is 0 Å². The summed E-state index contributed by atoms with van der Waals surface area (Å²) < 4.78 is 1.93. The van der Waals surface area contributed by atoms with Gasteiger partial charge in [0.25, 0.3) is 0 Å². The number of nitrogens with zero attached hydrogens (tertiary/aromatic N) is 4. The average molecular weight is 236 g/mol. The van der Waals surface area contributed by atoms with Gasteiger partial charge in [0.15, 0.2) is 5.82 Å². The first-order valence-electron chi connectivity index (χ1n) is 5.70. The minimum atomic E-state index is 0.834. The minimum Gasteiger partial charge on any atom is -0.335 e. The number of benzene rings is 1. The molecule has 0 aliphatic rings. The van der Waals surface area contributed by atoms with E-state index >= 15 is 0 Å². The Hall–Kier alpha value is -2.49. The van der Waals surface area contributed by atoms with Crippen molar-refractivity contribution in [2.45, 2.75) is 0 Å². The summed E-state index contributed by atoms with van der Waals surface area (Å²) in [6.45, 7) is 0. The van der Waals surface area contributed by atoms with E-state index < -0.39 is 0 Å². The molecule has 0 radical (unpaired) electrons. The van der Waals surface area contributed by atoms with Crippen LogP contribution in [0.4, 0.5) is 11.5 Å². The highest BCUT2D eigenvalue weighted by molar-refractivity contribution is 5.91. The molecule has 88 valence electrons. The SMILES string of the molecule is Cn1cccc1N=Nc1cccc2cnccc12. The zero-order valence-corrected chi connectivity index (χ0v) is 9.99. The lowest BCUT2D eigenvalue weighted by molar-refractivity contribution is 0.910. The number of fused-ring (bicyclic) bond motifs is 1. The van der Waals surface area contributed by atoms with Crippen molar-refractivity contribution in [3.8, 4) is 0 Å². The Balaban J connectivity index is 2.05. The number of aryl methyl sites for hydroxylation is 1. The van der Waals surface area contributed by atoms with Gasteiger partial charge in [-0.15, -0.1) is 10.2 Å². The molecule has 0 unspecified atom stereocenters. The van der Waals surface area contributed by atoms with Gasteiger partial charge in [0, 0.05) is 36.4 Å². The molecule has 0 aliphatic heterocycles. The maximum atomic E-state index is 4.31. The Morgan fingerprint density at radius 2 is 2.00 bits per heavy atom. The summed E-state index contributed by atoms with van der Waals surface area (Å²) in [5.74, 6) is 0.834. The first-order chi connectivity index (χ1) is 8.84. The van der Waals surface area contributed by atoms with Crippen molar-refractivity contribution in [2.24, 2.45) is 17.3 Å². The van der Waals surface area contributed by atoms with E-state index in [1.807, 2.05) is 60.4 Å². The standard InChI is InChI=1S/C14H12N4/c1-18-9-3-6-14(18)17-16-13-5-2-4-11-10-15-8-7-12(11)13/h2-10H,1H3. The molecular formula is C14H12N4. The van der Waals surface area contributed by atoms with Gasteiger partial charge in [-0.1, -0.05) is 12.1 Å². The van der Waals surface area contributed by atoms with E-state index in [9.17, 15) is 0 Å². The van der Waals surface area contributed by atoms with E-state index in [2.05, 4.69) is 15.2 Å². The predicted molar refractivity (Wildman–Crippen MR) is 71.3 cm³/mol. The van der Waals surface area contributed by atoms with Crippen molar-refractivity contribution in [3.05, 3.63) is 55.0 Å². The van der Waals surface area contributed by atoms with E-state index in [0.29, 0.717) is 0 Å². The summed E-state index contributed by atoms with van der Waals surface area (Å²) in [5, 5.41) is 10.7. The molecule has 0 bridgehead atoms. The summed E-state index contributed by atoms with van der Waals surface area (Å²) >= 11 is 0. The van der Waals surface area contributed by atoms with Gasteiger partial charge in [-0.2, -0.15) is 0 Å². The molecule has 3 rings (SSSR count). The van der Waals surface area contributed by atoms with Crippen molar-refractivity contribution in [3.63, 3.8) is 0 Å². The zero-order chi connectivity index (χ0) is 12.4. The maximum absolute atomic E-state index is 4.31. The Kier molecular flexibility index (Phi) is 2.61. The lowest BCUT2D eigenvalue weighted by Crippen LogP contribution is -1.81. The molecule has 2 heterocycles. The largest absolute Gasteiger partial charge is 0.335 e. The highest BCUT2D eigenvalue weighted by Gasteiger charge is 1.99. The number of hydrogen-bond donors (Lipinski definition) is 0. The second-order valence-electron chi connectivity index (χ2n) is 4.05. The van der Waals surface area contributed by atoms with Crippen LogP contribution in [0, 0.1) is 0 Å². The van der Waals surface area contributed by atoms with Crippen LogP contribution in [0.1, 0.15) is 0 Å². The molecular weight excluding hydrogens is 224 g/mol. The highest BCUT2D eigenvalue weighted by atomic mass is 15.2. The number of aromatic nitrogens is 2. The van der Waals surface area contributed by atoms with E-state index in [-0.39, 0.29) is 0 Å². The third-order valence-corrected chi connectivity index (χ3v) is 2.83. The molecule has 4 nitrogen and oxygen atoms in total. The van der Waals surface area contributed by atoms with Crippen LogP contribution in [-0.2, 0) is 7.05 Å². The first kappa shape index (κ1) is 10.7. The second-order valence-corrected chi connectivity index (χ2v) is 4.05. The molecule has 0 saturated heterocycles. The average Bonchev–Trinajstić information content (AvgIpc) is 2.82. The Labute approximate surface area is 105 Å². The molecule has 0 amide bonds. The van der Waals surface area contributed by atoms with Gasteiger partial charge in [-0.25, -0.2) is 0 Å². The fourth-order valence-corrected chi connectivity index (χ4v) is 1.85. The Morgan fingerprint density at radius 1 is 1.06 bits per heavy atom. The van der Waals surface area contributed by atoms with Crippen molar-refractivity contribution in [1.82, 2.24) is 9.55 Å². The molecule has 0 saturated carbocycles. The summed E-state index contributed by atoms with van der Waals surface area (Å²) in [5.41, 5.74) is 0.858. The molecule has 4 heteroatoms. The van der Waals surface area contributed by atoms with Crippen LogP contribution in [0.15, 0.2) is 65.2 Å². The van der Waals surface area contributed by atoms with Crippen LogP contribution in [0.5, 0.6) is 0 Å². The predicted octanol–water partition coefficient (Wildman–Crippen LogP) is 3.99. The molecule has 0 N–H and O–H groups in total. The fourth-order valence-electron chi connectivity index (χ4n) is 1.85. The van der Waals surface area contributed by atoms with Gasteiger partial charge in [0.2, 0.25) is 0 Å². The van der Waals surface area contributed by atoms with Crippen LogP contribution in [0.2, 0.25) is 0 Å². The van der Waals surface area contributed by atoms with Crippen molar-refractivity contribution in [1.29, 1.82) is 0 Å². The van der Waals surface area contributed by atoms with Crippen LogP contribution < -0.4 is 0 Å². The fraction of sp³-hybridized carbons (Fsp3) is 0.0714. The van der Waals surface area contributed by atoms with Crippen LogP contribution in [-0.4, -0.2) is 9.55 Å². The summed E-state index contributed by atoms with van der Waals surface area (Å²) in [7, 11) is 1.95. The quantitative estimate of drug-likeness (QED) is 0.620. The van der Waals surface area contributed by atoms with E-state index in [4.69, 9.17) is 0 Å². The minimum absolute atomic E-state index is 0.834. The van der Waals surface area contributed by atoms with Crippen LogP contribution in [0.3, 0.4) is 0 Å². The third-order valence-electron chi connectivity index (χ3n) is 2.83. The molecule has 18 heavy (non-hydrogen) atoms. The number of azo groups is 1. The molecule has 0 fully saturated rings.